The zero-order valence-corrected chi connectivity index (χ0v) is 11.5. The molecule has 1 saturated carbocycles. The maximum Gasteiger partial charge on any atom is 0.326 e. The van der Waals surface area contributed by atoms with Gasteiger partial charge in [-0.2, -0.15) is 5.26 Å². The summed E-state index contributed by atoms with van der Waals surface area (Å²) < 4.78 is 0. The van der Waals surface area contributed by atoms with E-state index < -0.39 is 12.0 Å². The number of hydrogen-bond acceptors (Lipinski definition) is 3. The van der Waals surface area contributed by atoms with E-state index >= 15 is 0 Å². The average Bonchev–Trinajstić information content (AvgIpc) is 2.97. The first-order valence-corrected chi connectivity index (χ1v) is 7.12. The van der Waals surface area contributed by atoms with Gasteiger partial charge in [-0.3, -0.25) is 0 Å². The van der Waals surface area contributed by atoms with Gasteiger partial charge in [-0.1, -0.05) is 18.6 Å². The molecule has 0 bridgehead atoms. The van der Waals surface area contributed by atoms with Gasteiger partial charge in [0, 0.05) is 6.54 Å². The molecule has 3 atom stereocenters. The molecular formula is C16H18N2O2. The number of fused-ring (bicyclic) bond motifs is 1. The number of nitriles is 1. The molecule has 2 aliphatic rings. The van der Waals surface area contributed by atoms with E-state index in [1.165, 1.54) is 0 Å². The molecule has 0 radical (unpaired) electrons. The van der Waals surface area contributed by atoms with Crippen LogP contribution in [0.1, 0.15) is 30.4 Å². The molecule has 3 unspecified atom stereocenters. The minimum Gasteiger partial charge on any atom is -0.480 e. The number of nitrogens with zero attached hydrogens (tertiary/aromatic N) is 2. The Morgan fingerprint density at radius 1 is 1.45 bits per heavy atom. The summed E-state index contributed by atoms with van der Waals surface area (Å²) in [7, 11) is 0. The highest BCUT2D eigenvalue weighted by Gasteiger charge is 2.48. The zero-order valence-electron chi connectivity index (χ0n) is 11.5. The summed E-state index contributed by atoms with van der Waals surface area (Å²) >= 11 is 0. The fourth-order valence-electron chi connectivity index (χ4n) is 3.98. The van der Waals surface area contributed by atoms with Crippen molar-refractivity contribution >= 4 is 11.7 Å². The molecule has 0 spiro atoms. The van der Waals surface area contributed by atoms with Crippen LogP contribution in [0.2, 0.25) is 0 Å². The lowest BCUT2D eigenvalue weighted by molar-refractivity contribution is -0.139. The molecule has 1 saturated heterocycles. The number of carboxylic acid groups (broad SMARTS) is 1. The predicted octanol–water partition coefficient (Wildman–Crippen LogP) is 2.56. The van der Waals surface area contributed by atoms with Crippen molar-refractivity contribution in [3.05, 3.63) is 29.3 Å². The summed E-state index contributed by atoms with van der Waals surface area (Å²) in [4.78, 5) is 13.7. The van der Waals surface area contributed by atoms with E-state index in [1.54, 1.807) is 6.07 Å². The molecular weight excluding hydrogens is 252 g/mol. The van der Waals surface area contributed by atoms with Crippen LogP contribution in [0.15, 0.2) is 18.2 Å². The first-order chi connectivity index (χ1) is 9.63. The summed E-state index contributed by atoms with van der Waals surface area (Å²) in [5.74, 6) is -0.0626. The summed E-state index contributed by atoms with van der Waals surface area (Å²) in [5.41, 5.74) is 2.38. The first kappa shape index (κ1) is 13.0. The molecule has 1 N–H and O–H groups in total. The Kier molecular flexibility index (Phi) is 3.13. The highest BCUT2D eigenvalue weighted by molar-refractivity contribution is 5.81. The number of para-hydroxylation sites is 1. The Hall–Kier alpha value is -2.02. The fraction of sp³-hybridized carbons (Fsp3) is 0.500. The molecule has 104 valence electrons. The largest absolute Gasteiger partial charge is 0.480 e. The van der Waals surface area contributed by atoms with Crippen molar-refractivity contribution in [2.75, 3.05) is 11.4 Å². The molecule has 20 heavy (non-hydrogen) atoms. The van der Waals surface area contributed by atoms with Crippen molar-refractivity contribution in [2.24, 2.45) is 11.8 Å². The maximum atomic E-state index is 11.7. The minimum atomic E-state index is -0.758. The SMILES string of the molecule is Cc1cccc(C#N)c1N1CC2CCCC2C1C(=O)O. The number of aliphatic carboxylic acids is 1. The lowest BCUT2D eigenvalue weighted by Gasteiger charge is -2.28. The predicted molar refractivity (Wildman–Crippen MR) is 75.5 cm³/mol. The van der Waals surface area contributed by atoms with Gasteiger partial charge in [0.05, 0.1) is 11.3 Å². The Morgan fingerprint density at radius 2 is 2.25 bits per heavy atom. The fourth-order valence-corrected chi connectivity index (χ4v) is 3.98. The van der Waals surface area contributed by atoms with E-state index in [4.69, 9.17) is 0 Å². The topological polar surface area (TPSA) is 64.3 Å². The van der Waals surface area contributed by atoms with Gasteiger partial charge in [-0.15, -0.1) is 0 Å². The Bertz CT molecular complexity index is 591. The van der Waals surface area contributed by atoms with Crippen LogP contribution in [-0.4, -0.2) is 23.7 Å². The van der Waals surface area contributed by atoms with Crippen molar-refractivity contribution in [2.45, 2.75) is 32.2 Å². The lowest BCUT2D eigenvalue weighted by atomic mass is 9.94. The van der Waals surface area contributed by atoms with Gasteiger partial charge < -0.3 is 10.0 Å². The number of rotatable bonds is 2. The standard InChI is InChI=1S/C16H18N2O2/c1-10-4-2-5-11(8-17)14(10)18-9-12-6-3-7-13(12)15(18)16(19)20/h2,4-5,12-13,15H,3,6-7,9H2,1H3,(H,19,20). The van der Waals surface area contributed by atoms with Crippen molar-refractivity contribution < 1.29 is 9.90 Å². The van der Waals surface area contributed by atoms with Crippen LogP contribution < -0.4 is 4.90 Å². The number of carbonyl (C=O) groups is 1. The molecule has 0 amide bonds. The van der Waals surface area contributed by atoms with E-state index in [1.807, 2.05) is 24.0 Å². The van der Waals surface area contributed by atoms with Crippen LogP contribution in [0.3, 0.4) is 0 Å². The third-order valence-electron chi connectivity index (χ3n) is 4.79. The van der Waals surface area contributed by atoms with E-state index in [0.717, 1.165) is 37.1 Å². The van der Waals surface area contributed by atoms with Crippen LogP contribution in [0.5, 0.6) is 0 Å². The zero-order chi connectivity index (χ0) is 14.3. The van der Waals surface area contributed by atoms with E-state index in [9.17, 15) is 15.2 Å². The molecule has 1 aromatic rings. The van der Waals surface area contributed by atoms with Crippen LogP contribution >= 0.6 is 0 Å². The van der Waals surface area contributed by atoms with Gasteiger partial charge in [0.25, 0.3) is 0 Å². The van der Waals surface area contributed by atoms with E-state index in [2.05, 4.69) is 6.07 Å². The van der Waals surface area contributed by atoms with Crippen molar-refractivity contribution in [1.29, 1.82) is 5.26 Å². The normalized spacial score (nSPS) is 28.2. The number of anilines is 1. The molecule has 2 fully saturated rings. The van der Waals surface area contributed by atoms with Crippen molar-refractivity contribution in [3.8, 4) is 6.07 Å². The van der Waals surface area contributed by atoms with Gasteiger partial charge in [0.15, 0.2) is 0 Å². The van der Waals surface area contributed by atoms with Gasteiger partial charge >= 0.3 is 5.97 Å². The number of aryl methyl sites for hydroxylation is 1. The molecule has 1 aromatic carbocycles. The summed E-state index contributed by atoms with van der Waals surface area (Å²) in [6.07, 6.45) is 3.23. The number of benzene rings is 1. The Morgan fingerprint density at radius 3 is 2.95 bits per heavy atom. The monoisotopic (exact) mass is 270 g/mol. The van der Waals surface area contributed by atoms with Gasteiger partial charge in [-0.25, -0.2) is 4.79 Å². The van der Waals surface area contributed by atoms with Crippen molar-refractivity contribution in [3.63, 3.8) is 0 Å². The Labute approximate surface area is 118 Å². The highest BCUT2D eigenvalue weighted by atomic mass is 16.4. The summed E-state index contributed by atoms with van der Waals surface area (Å²) in [6, 6.07) is 7.30. The molecule has 4 heteroatoms. The average molecular weight is 270 g/mol. The molecule has 1 heterocycles. The molecule has 4 nitrogen and oxygen atoms in total. The summed E-state index contributed by atoms with van der Waals surface area (Å²) in [6.45, 7) is 2.71. The van der Waals surface area contributed by atoms with E-state index in [0.29, 0.717) is 11.5 Å². The number of hydrogen-bond donors (Lipinski definition) is 1. The van der Waals surface area contributed by atoms with Gasteiger partial charge in [0.1, 0.15) is 12.1 Å². The third-order valence-corrected chi connectivity index (χ3v) is 4.79. The third kappa shape index (κ3) is 1.85. The van der Waals surface area contributed by atoms with E-state index in [-0.39, 0.29) is 5.92 Å². The molecule has 3 rings (SSSR count). The van der Waals surface area contributed by atoms with Gasteiger partial charge in [0.2, 0.25) is 0 Å². The molecule has 0 aromatic heterocycles. The minimum absolute atomic E-state index is 0.235. The first-order valence-electron chi connectivity index (χ1n) is 7.12. The maximum absolute atomic E-state index is 11.7. The second kappa shape index (κ2) is 4.82. The highest BCUT2D eigenvalue weighted by Crippen LogP contribution is 2.45. The Balaban J connectivity index is 2.06. The van der Waals surface area contributed by atoms with Crippen molar-refractivity contribution in [1.82, 2.24) is 0 Å². The quantitative estimate of drug-likeness (QED) is 0.897. The smallest absolute Gasteiger partial charge is 0.326 e. The molecule has 1 aliphatic heterocycles. The van der Waals surface area contributed by atoms with Crippen LogP contribution in [-0.2, 0) is 4.79 Å². The van der Waals surface area contributed by atoms with Crippen LogP contribution in [0.4, 0.5) is 5.69 Å². The van der Waals surface area contributed by atoms with Crippen LogP contribution in [0.25, 0.3) is 0 Å². The second-order valence-corrected chi connectivity index (χ2v) is 5.87. The lowest BCUT2D eigenvalue weighted by Crippen LogP contribution is -2.40. The summed E-state index contributed by atoms with van der Waals surface area (Å²) in [5, 5.41) is 18.9. The van der Waals surface area contributed by atoms with Crippen LogP contribution in [0, 0.1) is 30.1 Å². The number of carboxylic acids is 1. The van der Waals surface area contributed by atoms with Gasteiger partial charge in [-0.05, 0) is 43.2 Å². The molecule has 1 aliphatic carbocycles. The second-order valence-electron chi connectivity index (χ2n) is 5.87.